The van der Waals surface area contributed by atoms with Crippen LogP contribution in [0.15, 0.2) is 55.6 Å². The number of thioether (sulfide) groups is 1. The lowest BCUT2D eigenvalue weighted by Crippen LogP contribution is -2.55. The Balaban J connectivity index is 1.78. The molecule has 1 N–H and O–H groups in total. The molecule has 1 aromatic rings. The number of hydrogen-bond donors (Lipinski definition) is 1. The summed E-state index contributed by atoms with van der Waals surface area (Å²) in [6.07, 6.45) is 8.06. The van der Waals surface area contributed by atoms with Crippen molar-refractivity contribution in [1.82, 2.24) is 9.80 Å². The number of rotatable bonds is 14. The van der Waals surface area contributed by atoms with Crippen LogP contribution < -0.4 is 0 Å². The predicted molar refractivity (Wildman–Crippen MR) is 154 cm³/mol. The van der Waals surface area contributed by atoms with Crippen LogP contribution in [-0.2, 0) is 19.1 Å². The summed E-state index contributed by atoms with van der Waals surface area (Å²) in [6, 6.07) is 7.87. The van der Waals surface area contributed by atoms with Crippen molar-refractivity contribution in [1.29, 1.82) is 0 Å². The molecular formula is C31H42N2O5S. The number of allylic oxidation sites excluding steroid dienone is 1. The lowest BCUT2D eigenvalue weighted by molar-refractivity contribution is -0.156. The molecule has 3 aliphatic heterocycles. The van der Waals surface area contributed by atoms with E-state index in [2.05, 4.69) is 20.1 Å². The molecule has 1 aromatic carbocycles. The minimum Gasteiger partial charge on any atom is -0.465 e. The summed E-state index contributed by atoms with van der Waals surface area (Å²) in [7, 11) is 0. The molecule has 3 heterocycles. The van der Waals surface area contributed by atoms with E-state index in [1.807, 2.05) is 37.3 Å². The van der Waals surface area contributed by atoms with Crippen molar-refractivity contribution in [2.45, 2.75) is 74.0 Å². The average molecular weight is 555 g/mol. The van der Waals surface area contributed by atoms with Crippen LogP contribution in [0.5, 0.6) is 0 Å². The van der Waals surface area contributed by atoms with Crippen LogP contribution in [-0.4, -0.2) is 74.5 Å². The van der Waals surface area contributed by atoms with Crippen molar-refractivity contribution in [3.63, 3.8) is 0 Å². The SMILES string of the molecule is C=CCCCOC(=O)[C@@H]1[C@H]2C(=O)N([C@H](CO)c3ccccc3)C(C(=O)N(CC=C)CCCC)C23CC[C@@]1(C)S3. The highest BCUT2D eigenvalue weighted by Crippen LogP contribution is 2.72. The highest BCUT2D eigenvalue weighted by atomic mass is 32.2. The molecule has 2 amide bonds. The summed E-state index contributed by atoms with van der Waals surface area (Å²) in [5, 5.41) is 10.6. The molecule has 3 aliphatic rings. The Kier molecular flexibility index (Phi) is 9.27. The zero-order valence-electron chi connectivity index (χ0n) is 23.2. The van der Waals surface area contributed by atoms with Crippen molar-refractivity contribution in [2.75, 3.05) is 26.3 Å². The maximum absolute atomic E-state index is 14.5. The fraction of sp³-hybridized carbons (Fsp3) is 0.581. The largest absolute Gasteiger partial charge is 0.465 e. The van der Waals surface area contributed by atoms with E-state index in [4.69, 9.17) is 4.74 Å². The maximum atomic E-state index is 14.5. The van der Waals surface area contributed by atoms with Gasteiger partial charge in [0.05, 0.1) is 35.8 Å². The molecule has 0 aromatic heterocycles. The zero-order chi connectivity index (χ0) is 28.2. The van der Waals surface area contributed by atoms with Gasteiger partial charge in [-0.15, -0.1) is 24.9 Å². The molecule has 0 aliphatic carbocycles. The van der Waals surface area contributed by atoms with Crippen LogP contribution in [0.1, 0.15) is 64.0 Å². The number of esters is 1. The van der Waals surface area contributed by atoms with E-state index in [0.29, 0.717) is 25.9 Å². The van der Waals surface area contributed by atoms with Gasteiger partial charge in [0.15, 0.2) is 0 Å². The highest BCUT2D eigenvalue weighted by molar-refractivity contribution is 8.02. The van der Waals surface area contributed by atoms with Crippen LogP contribution in [0.4, 0.5) is 0 Å². The normalized spacial score (nSPS) is 29.7. The molecule has 39 heavy (non-hydrogen) atoms. The Hall–Kier alpha value is -2.58. The Bertz CT molecular complexity index is 1080. The minimum absolute atomic E-state index is 0.134. The highest BCUT2D eigenvalue weighted by Gasteiger charge is 2.78. The molecule has 212 valence electrons. The van der Waals surface area contributed by atoms with Gasteiger partial charge in [0.25, 0.3) is 0 Å². The van der Waals surface area contributed by atoms with Crippen molar-refractivity contribution in [3.05, 3.63) is 61.2 Å². The first kappa shape index (κ1) is 29.4. The number of likely N-dealkylation sites (tertiary alicyclic amines) is 1. The van der Waals surface area contributed by atoms with Crippen molar-refractivity contribution >= 4 is 29.5 Å². The molecular weight excluding hydrogens is 512 g/mol. The average Bonchev–Trinajstić information content (AvgIpc) is 3.50. The monoisotopic (exact) mass is 554 g/mol. The van der Waals surface area contributed by atoms with Gasteiger partial charge in [0, 0.05) is 17.8 Å². The number of amides is 2. The van der Waals surface area contributed by atoms with Crippen molar-refractivity contribution in [3.8, 4) is 0 Å². The van der Waals surface area contributed by atoms with E-state index in [1.165, 1.54) is 0 Å². The van der Waals surface area contributed by atoms with Gasteiger partial charge in [-0.05, 0) is 44.6 Å². The second kappa shape index (κ2) is 12.3. The summed E-state index contributed by atoms with van der Waals surface area (Å²) in [5.41, 5.74) is 0.765. The number of aliphatic hydroxyl groups is 1. The molecule has 8 heteroatoms. The Morgan fingerprint density at radius 3 is 2.62 bits per heavy atom. The molecule has 7 nitrogen and oxygen atoms in total. The summed E-state index contributed by atoms with van der Waals surface area (Å²) in [4.78, 5) is 45.9. The Labute approximate surface area is 236 Å². The minimum atomic E-state index is -0.797. The van der Waals surface area contributed by atoms with Crippen LogP contribution in [0, 0.1) is 11.8 Å². The smallest absolute Gasteiger partial charge is 0.311 e. The van der Waals surface area contributed by atoms with Crippen LogP contribution in [0.2, 0.25) is 0 Å². The van der Waals surface area contributed by atoms with Gasteiger partial charge in [0.1, 0.15) is 6.04 Å². The molecule has 3 fully saturated rings. The summed E-state index contributed by atoms with van der Waals surface area (Å²) in [6.45, 7) is 12.6. The van der Waals surface area contributed by atoms with E-state index in [0.717, 1.165) is 31.2 Å². The van der Waals surface area contributed by atoms with Crippen molar-refractivity contribution < 1.29 is 24.2 Å². The molecule has 6 atom stereocenters. The van der Waals surface area contributed by atoms with Gasteiger partial charge in [-0.1, -0.05) is 55.8 Å². The Morgan fingerprint density at radius 1 is 1.23 bits per heavy atom. The molecule has 0 radical (unpaired) electrons. The van der Waals surface area contributed by atoms with Crippen LogP contribution in [0.3, 0.4) is 0 Å². The predicted octanol–water partition coefficient (Wildman–Crippen LogP) is 4.53. The summed E-state index contributed by atoms with van der Waals surface area (Å²) < 4.78 is 4.46. The number of fused-ring (bicyclic) bond motifs is 1. The summed E-state index contributed by atoms with van der Waals surface area (Å²) in [5.74, 6) is -2.07. The summed E-state index contributed by atoms with van der Waals surface area (Å²) >= 11 is 1.62. The van der Waals surface area contributed by atoms with Gasteiger partial charge in [-0.3, -0.25) is 14.4 Å². The standard InChI is InChI=1S/C31H42N2O5S/c1-5-8-13-20-38-29(37)25-24-27(35)33(23(21-34)22-14-11-10-12-15-22)26(31(24)17-16-30(25,4)39-31)28(36)32(18-7-3)19-9-6-2/h5,7,10-12,14-15,23-26,34H,1,3,6,8-9,13,16-21H2,2,4H3/t23-,24+,25+,26?,30-,31?/m1/s1. The molecule has 0 saturated carbocycles. The number of nitrogens with zero attached hydrogens (tertiary/aromatic N) is 2. The number of aliphatic hydroxyl groups excluding tert-OH is 1. The van der Waals surface area contributed by atoms with E-state index in [9.17, 15) is 19.5 Å². The quantitative estimate of drug-likeness (QED) is 0.207. The third kappa shape index (κ3) is 5.18. The topological polar surface area (TPSA) is 87.1 Å². The van der Waals surface area contributed by atoms with E-state index in [1.54, 1.807) is 33.7 Å². The number of carbonyl (C=O) groups is 3. The number of unbranched alkanes of at least 4 members (excludes halogenated alkanes) is 2. The molecule has 1 spiro atoms. The van der Waals surface area contributed by atoms with Gasteiger partial charge in [-0.25, -0.2) is 0 Å². The molecule has 2 bridgehead atoms. The first-order valence-corrected chi connectivity index (χ1v) is 15.0. The number of carbonyl (C=O) groups excluding carboxylic acids is 3. The van der Waals surface area contributed by atoms with Crippen LogP contribution >= 0.6 is 11.8 Å². The van der Waals surface area contributed by atoms with Gasteiger partial charge >= 0.3 is 5.97 Å². The fourth-order valence-electron chi connectivity index (χ4n) is 6.83. The molecule has 3 saturated heterocycles. The van der Waals surface area contributed by atoms with Gasteiger partial charge < -0.3 is 19.6 Å². The molecule has 4 rings (SSSR count). The van der Waals surface area contributed by atoms with Gasteiger partial charge in [0.2, 0.25) is 11.8 Å². The molecule has 2 unspecified atom stereocenters. The first-order chi connectivity index (χ1) is 18.8. The number of ether oxygens (including phenoxy) is 1. The zero-order valence-corrected chi connectivity index (χ0v) is 24.0. The van der Waals surface area contributed by atoms with Gasteiger partial charge in [-0.2, -0.15) is 0 Å². The Morgan fingerprint density at radius 2 is 1.97 bits per heavy atom. The lowest BCUT2D eigenvalue weighted by atomic mass is 9.66. The van der Waals surface area contributed by atoms with E-state index >= 15 is 0 Å². The second-order valence-electron chi connectivity index (χ2n) is 11.1. The fourth-order valence-corrected chi connectivity index (χ4v) is 9.15. The number of benzene rings is 1. The second-order valence-corrected chi connectivity index (χ2v) is 13.0. The third-order valence-corrected chi connectivity index (χ3v) is 10.6. The first-order valence-electron chi connectivity index (χ1n) is 14.1. The number of hydrogen-bond acceptors (Lipinski definition) is 6. The lowest BCUT2D eigenvalue weighted by Gasteiger charge is -2.39. The maximum Gasteiger partial charge on any atom is 0.311 e. The van der Waals surface area contributed by atoms with Crippen molar-refractivity contribution in [2.24, 2.45) is 11.8 Å². The van der Waals surface area contributed by atoms with E-state index < -0.39 is 33.4 Å². The third-order valence-electron chi connectivity index (χ3n) is 8.64. The van der Waals surface area contributed by atoms with Crippen LogP contribution in [0.25, 0.3) is 0 Å². The van der Waals surface area contributed by atoms with E-state index in [-0.39, 0.29) is 31.0 Å².